The van der Waals surface area contributed by atoms with Crippen molar-refractivity contribution in [2.24, 2.45) is 0 Å². The van der Waals surface area contributed by atoms with Crippen molar-refractivity contribution in [1.29, 1.82) is 0 Å². The molecule has 0 aliphatic rings. The minimum atomic E-state index is 0.561. The Labute approximate surface area is 112 Å². The van der Waals surface area contributed by atoms with Gasteiger partial charge in [0, 0.05) is 18.1 Å². The molecule has 2 aromatic rings. The zero-order chi connectivity index (χ0) is 13.0. The lowest BCUT2D eigenvalue weighted by molar-refractivity contribution is 0.463. The summed E-state index contributed by atoms with van der Waals surface area (Å²) in [7, 11) is 1.82. The van der Waals surface area contributed by atoms with Gasteiger partial charge < -0.3 is 10.1 Å². The molecule has 0 aliphatic carbocycles. The first-order valence-electron chi connectivity index (χ1n) is 5.84. The Hall–Kier alpha value is -1.74. The van der Waals surface area contributed by atoms with E-state index in [1.54, 1.807) is 0 Å². The highest BCUT2D eigenvalue weighted by Gasteiger charge is 2.03. The number of pyridine rings is 1. The van der Waals surface area contributed by atoms with Crippen LogP contribution in [0.2, 0.25) is 5.02 Å². The van der Waals surface area contributed by atoms with Crippen LogP contribution in [-0.4, -0.2) is 12.0 Å². The van der Waals surface area contributed by atoms with Gasteiger partial charge in [0.25, 0.3) is 0 Å². The third-order valence-electron chi connectivity index (χ3n) is 2.60. The number of hydrogen-bond acceptors (Lipinski definition) is 3. The summed E-state index contributed by atoms with van der Waals surface area (Å²) in [6, 6.07) is 11.2. The average molecular weight is 263 g/mol. The Bertz CT molecular complexity index is 543. The molecular weight excluding hydrogens is 248 g/mol. The molecule has 0 aliphatic heterocycles. The Morgan fingerprint density at radius 3 is 2.83 bits per heavy atom. The largest absolute Gasteiger partial charge is 0.439 e. The second kappa shape index (κ2) is 5.74. The van der Waals surface area contributed by atoms with Gasteiger partial charge in [-0.15, -0.1) is 0 Å². The fourth-order valence-electron chi connectivity index (χ4n) is 1.62. The van der Waals surface area contributed by atoms with Gasteiger partial charge in [-0.2, -0.15) is 4.98 Å². The first-order valence-corrected chi connectivity index (χ1v) is 6.22. The lowest BCUT2D eigenvalue weighted by atomic mass is 10.1. The second-order valence-corrected chi connectivity index (χ2v) is 4.23. The molecule has 4 heteroatoms. The highest BCUT2D eigenvalue weighted by molar-refractivity contribution is 6.31. The van der Waals surface area contributed by atoms with Crippen LogP contribution in [0.3, 0.4) is 0 Å². The van der Waals surface area contributed by atoms with Crippen molar-refractivity contribution in [1.82, 2.24) is 4.98 Å². The fourth-order valence-corrected chi connectivity index (χ4v) is 1.87. The van der Waals surface area contributed by atoms with Crippen molar-refractivity contribution in [3.8, 4) is 11.6 Å². The molecule has 0 spiro atoms. The molecule has 0 saturated heterocycles. The van der Waals surface area contributed by atoms with Crippen LogP contribution in [0, 0.1) is 0 Å². The quantitative estimate of drug-likeness (QED) is 0.900. The zero-order valence-corrected chi connectivity index (χ0v) is 11.2. The Balaban J connectivity index is 2.22. The van der Waals surface area contributed by atoms with E-state index in [-0.39, 0.29) is 0 Å². The number of halogens is 1. The molecule has 0 saturated carbocycles. The number of hydrogen-bond donors (Lipinski definition) is 1. The van der Waals surface area contributed by atoms with Gasteiger partial charge in [-0.3, -0.25) is 0 Å². The monoisotopic (exact) mass is 262 g/mol. The molecule has 1 heterocycles. The van der Waals surface area contributed by atoms with Gasteiger partial charge in [-0.1, -0.05) is 24.6 Å². The van der Waals surface area contributed by atoms with Crippen LogP contribution in [0.15, 0.2) is 36.4 Å². The number of nitrogens with zero attached hydrogens (tertiary/aromatic N) is 1. The number of aromatic nitrogens is 1. The molecular formula is C14H15ClN2O. The zero-order valence-electron chi connectivity index (χ0n) is 10.4. The van der Waals surface area contributed by atoms with Crippen molar-refractivity contribution in [3.05, 3.63) is 47.0 Å². The van der Waals surface area contributed by atoms with E-state index >= 15 is 0 Å². The summed E-state index contributed by atoms with van der Waals surface area (Å²) in [4.78, 5) is 4.30. The summed E-state index contributed by atoms with van der Waals surface area (Å²) in [5.74, 6) is 2.08. The van der Waals surface area contributed by atoms with Gasteiger partial charge >= 0.3 is 0 Å². The van der Waals surface area contributed by atoms with Gasteiger partial charge in [0.2, 0.25) is 5.88 Å². The van der Waals surface area contributed by atoms with Crippen LogP contribution in [0.25, 0.3) is 0 Å². The summed E-state index contributed by atoms with van der Waals surface area (Å²) < 4.78 is 5.71. The van der Waals surface area contributed by atoms with Crippen molar-refractivity contribution < 1.29 is 4.74 Å². The minimum absolute atomic E-state index is 0.561. The number of anilines is 1. The summed E-state index contributed by atoms with van der Waals surface area (Å²) in [6.45, 7) is 2.06. The molecule has 94 valence electrons. The molecule has 0 fully saturated rings. The number of benzene rings is 1. The van der Waals surface area contributed by atoms with E-state index in [1.807, 2.05) is 43.4 Å². The van der Waals surface area contributed by atoms with Crippen molar-refractivity contribution in [2.75, 3.05) is 12.4 Å². The van der Waals surface area contributed by atoms with Gasteiger partial charge in [0.1, 0.15) is 11.6 Å². The predicted octanol–water partition coefficient (Wildman–Crippen LogP) is 4.13. The van der Waals surface area contributed by atoms with Crippen LogP contribution in [0.4, 0.5) is 5.82 Å². The van der Waals surface area contributed by atoms with Crippen molar-refractivity contribution >= 4 is 17.4 Å². The third kappa shape index (κ3) is 2.93. The van der Waals surface area contributed by atoms with E-state index in [9.17, 15) is 0 Å². The van der Waals surface area contributed by atoms with Crippen molar-refractivity contribution in [2.45, 2.75) is 13.3 Å². The van der Waals surface area contributed by atoms with Crippen LogP contribution in [-0.2, 0) is 6.42 Å². The first-order chi connectivity index (χ1) is 8.72. The molecule has 18 heavy (non-hydrogen) atoms. The summed E-state index contributed by atoms with van der Waals surface area (Å²) in [5, 5.41) is 3.74. The highest BCUT2D eigenvalue weighted by atomic mass is 35.5. The van der Waals surface area contributed by atoms with Crippen molar-refractivity contribution in [3.63, 3.8) is 0 Å². The van der Waals surface area contributed by atoms with Gasteiger partial charge in [-0.25, -0.2) is 0 Å². The predicted molar refractivity (Wildman–Crippen MR) is 74.7 cm³/mol. The smallest absolute Gasteiger partial charge is 0.221 e. The molecule has 2 rings (SSSR count). The van der Waals surface area contributed by atoms with Crippen LogP contribution in [0.5, 0.6) is 11.6 Å². The van der Waals surface area contributed by atoms with E-state index in [4.69, 9.17) is 16.3 Å². The average Bonchev–Trinajstić information content (AvgIpc) is 2.41. The van der Waals surface area contributed by atoms with Gasteiger partial charge in [-0.05, 0) is 36.2 Å². The Morgan fingerprint density at radius 2 is 2.11 bits per heavy atom. The van der Waals surface area contributed by atoms with Gasteiger partial charge in [0.15, 0.2) is 0 Å². The Kier molecular flexibility index (Phi) is 4.05. The van der Waals surface area contributed by atoms with E-state index in [2.05, 4.69) is 17.2 Å². The molecule has 0 amide bonds. The normalized spacial score (nSPS) is 10.2. The van der Waals surface area contributed by atoms with Crippen LogP contribution >= 0.6 is 11.6 Å². The number of aryl methyl sites for hydroxylation is 1. The topological polar surface area (TPSA) is 34.1 Å². The summed E-state index contributed by atoms with van der Waals surface area (Å²) in [6.07, 6.45) is 0.875. The number of nitrogens with one attached hydrogen (secondary N) is 1. The second-order valence-electron chi connectivity index (χ2n) is 3.82. The molecule has 0 unspecified atom stereocenters. The Morgan fingerprint density at radius 1 is 1.28 bits per heavy atom. The lowest BCUT2D eigenvalue weighted by Crippen LogP contribution is -1.94. The number of rotatable bonds is 4. The molecule has 0 radical (unpaired) electrons. The van der Waals surface area contributed by atoms with E-state index in [0.29, 0.717) is 5.88 Å². The molecule has 1 aromatic heterocycles. The van der Waals surface area contributed by atoms with Crippen LogP contribution < -0.4 is 10.1 Å². The summed E-state index contributed by atoms with van der Waals surface area (Å²) >= 11 is 6.07. The van der Waals surface area contributed by atoms with Gasteiger partial charge in [0.05, 0.1) is 0 Å². The fraction of sp³-hybridized carbons (Fsp3) is 0.214. The highest BCUT2D eigenvalue weighted by Crippen LogP contribution is 2.26. The van der Waals surface area contributed by atoms with Crippen LogP contribution in [0.1, 0.15) is 12.5 Å². The van der Waals surface area contributed by atoms with E-state index < -0.39 is 0 Å². The maximum Gasteiger partial charge on any atom is 0.221 e. The molecule has 3 nitrogen and oxygen atoms in total. The minimum Gasteiger partial charge on any atom is -0.439 e. The van der Waals surface area contributed by atoms with E-state index in [1.165, 1.54) is 0 Å². The standard InChI is InChI=1S/C14H15ClN2O/c1-3-10-9-11(7-8-12(10)15)18-14-6-4-5-13(16-2)17-14/h4-9H,3H2,1-2H3,(H,16,17). The van der Waals surface area contributed by atoms with E-state index in [0.717, 1.165) is 28.6 Å². The molecule has 1 N–H and O–H groups in total. The number of ether oxygens (including phenoxy) is 1. The lowest BCUT2D eigenvalue weighted by Gasteiger charge is -2.08. The maximum atomic E-state index is 6.07. The summed E-state index contributed by atoms with van der Waals surface area (Å²) in [5.41, 5.74) is 1.07. The molecule has 1 aromatic carbocycles. The first kappa shape index (κ1) is 12.7. The molecule has 0 bridgehead atoms. The SMILES string of the molecule is CCc1cc(Oc2cccc(NC)n2)ccc1Cl. The third-order valence-corrected chi connectivity index (χ3v) is 2.97. The molecule has 0 atom stereocenters. The maximum absolute atomic E-state index is 6.07.